The van der Waals surface area contributed by atoms with E-state index >= 15 is 0 Å². The van der Waals surface area contributed by atoms with Crippen molar-refractivity contribution in [3.63, 3.8) is 0 Å². The molecule has 2 unspecified atom stereocenters. The molecule has 1 aromatic carbocycles. The lowest BCUT2D eigenvalue weighted by Gasteiger charge is -2.36. The first kappa shape index (κ1) is 23.5. The van der Waals surface area contributed by atoms with Gasteiger partial charge in [-0.2, -0.15) is 4.68 Å². The maximum atomic E-state index is 11.8. The van der Waals surface area contributed by atoms with Crippen LogP contribution in [0.15, 0.2) is 30.6 Å². The predicted octanol–water partition coefficient (Wildman–Crippen LogP) is 0.729. The fraction of sp³-hybridized carbons (Fsp3) is 0.458. The van der Waals surface area contributed by atoms with Gasteiger partial charge in [-0.15, -0.1) is 5.10 Å². The van der Waals surface area contributed by atoms with Crippen LogP contribution in [0.4, 0.5) is 0 Å². The Morgan fingerprint density at radius 1 is 0.971 bits per heavy atom. The SMILES string of the molecule is Cc1nc(-n2cnnn2)ccc1C(O)CN1CCN(CC(O)c2ccc3c(c2C)COC3=O)CC1. The molecule has 1 fully saturated rings. The molecule has 0 radical (unpaired) electrons. The van der Waals surface area contributed by atoms with Crippen LogP contribution in [-0.4, -0.2) is 90.4 Å². The van der Waals surface area contributed by atoms with Gasteiger partial charge in [0.15, 0.2) is 5.82 Å². The molecule has 0 amide bonds. The van der Waals surface area contributed by atoms with E-state index in [9.17, 15) is 15.0 Å². The van der Waals surface area contributed by atoms with Gasteiger partial charge in [-0.25, -0.2) is 9.78 Å². The van der Waals surface area contributed by atoms with Gasteiger partial charge < -0.3 is 14.9 Å². The third kappa shape index (κ3) is 4.80. The maximum absolute atomic E-state index is 11.8. The first-order valence-electron chi connectivity index (χ1n) is 11.7. The van der Waals surface area contributed by atoms with Crippen LogP contribution >= 0.6 is 0 Å². The summed E-state index contributed by atoms with van der Waals surface area (Å²) in [5, 5.41) is 32.8. The molecule has 184 valence electrons. The van der Waals surface area contributed by atoms with Crippen molar-refractivity contribution in [1.29, 1.82) is 0 Å². The van der Waals surface area contributed by atoms with Crippen LogP contribution in [0, 0.1) is 13.8 Å². The molecule has 11 heteroatoms. The number of aliphatic hydroxyl groups excluding tert-OH is 2. The molecule has 1 saturated heterocycles. The number of hydrogen-bond acceptors (Lipinski definition) is 10. The minimum Gasteiger partial charge on any atom is -0.457 e. The summed E-state index contributed by atoms with van der Waals surface area (Å²) in [6, 6.07) is 7.25. The second-order valence-corrected chi connectivity index (χ2v) is 9.11. The smallest absolute Gasteiger partial charge is 0.338 e. The number of piperazine rings is 1. The Labute approximate surface area is 202 Å². The van der Waals surface area contributed by atoms with Crippen molar-refractivity contribution in [3.8, 4) is 5.82 Å². The summed E-state index contributed by atoms with van der Waals surface area (Å²) < 4.78 is 6.61. The number of ether oxygens (including phenoxy) is 1. The second kappa shape index (κ2) is 9.78. The number of tetrazole rings is 1. The van der Waals surface area contributed by atoms with E-state index in [0.29, 0.717) is 24.5 Å². The van der Waals surface area contributed by atoms with E-state index in [1.165, 1.54) is 11.0 Å². The minimum absolute atomic E-state index is 0.275. The van der Waals surface area contributed by atoms with Crippen molar-refractivity contribution >= 4 is 5.97 Å². The average Bonchev–Trinajstić information content (AvgIpc) is 3.51. The number of rotatable bonds is 7. The molecule has 2 aliphatic rings. The standard InChI is InChI=1S/C24H29N7O4/c1-15-17(3-4-19-20(15)13-35-24(19)34)21(32)11-29-7-9-30(10-8-29)12-22(33)18-5-6-23(26-16(18)2)31-14-25-27-28-31/h3-6,14,21-22,32-33H,7-13H2,1-2H3. The number of hydrogen-bond donors (Lipinski definition) is 2. The summed E-state index contributed by atoms with van der Waals surface area (Å²) in [6.07, 6.45) is 0.192. The quantitative estimate of drug-likeness (QED) is 0.468. The topological polar surface area (TPSA) is 130 Å². The second-order valence-electron chi connectivity index (χ2n) is 9.11. The molecule has 2 N–H and O–H groups in total. The van der Waals surface area contributed by atoms with E-state index in [1.54, 1.807) is 12.1 Å². The number of nitrogens with zero attached hydrogens (tertiary/aromatic N) is 7. The molecule has 0 saturated carbocycles. The van der Waals surface area contributed by atoms with Crippen LogP contribution in [0.1, 0.15) is 50.5 Å². The number of benzene rings is 1. The molecule has 4 heterocycles. The van der Waals surface area contributed by atoms with Crippen LogP contribution in [0.25, 0.3) is 5.82 Å². The van der Waals surface area contributed by atoms with Crippen molar-refractivity contribution in [1.82, 2.24) is 35.0 Å². The third-order valence-electron chi connectivity index (χ3n) is 6.95. The monoisotopic (exact) mass is 479 g/mol. The van der Waals surface area contributed by atoms with E-state index in [2.05, 4.69) is 30.3 Å². The first-order chi connectivity index (χ1) is 16.9. The summed E-state index contributed by atoms with van der Waals surface area (Å²) >= 11 is 0. The largest absolute Gasteiger partial charge is 0.457 e. The molecule has 11 nitrogen and oxygen atoms in total. The molecule has 2 atom stereocenters. The van der Waals surface area contributed by atoms with Gasteiger partial charge in [0.25, 0.3) is 0 Å². The number of carbonyl (C=O) groups is 1. The van der Waals surface area contributed by atoms with Gasteiger partial charge in [0, 0.05) is 56.1 Å². The average molecular weight is 480 g/mol. The van der Waals surface area contributed by atoms with Crippen LogP contribution in [0.5, 0.6) is 0 Å². The molecular weight excluding hydrogens is 450 g/mol. The number of aliphatic hydroxyl groups is 2. The van der Waals surface area contributed by atoms with Gasteiger partial charge in [0.1, 0.15) is 12.9 Å². The van der Waals surface area contributed by atoms with Crippen molar-refractivity contribution in [2.75, 3.05) is 39.3 Å². The van der Waals surface area contributed by atoms with Crippen LogP contribution < -0.4 is 0 Å². The summed E-state index contributed by atoms with van der Waals surface area (Å²) in [7, 11) is 0. The number of pyridine rings is 1. The Morgan fingerprint density at radius 3 is 2.26 bits per heavy atom. The van der Waals surface area contributed by atoms with Gasteiger partial charge in [-0.05, 0) is 47.5 Å². The van der Waals surface area contributed by atoms with E-state index in [-0.39, 0.29) is 12.6 Å². The molecule has 0 aliphatic carbocycles. The van der Waals surface area contributed by atoms with Gasteiger partial charge in [0.2, 0.25) is 0 Å². The van der Waals surface area contributed by atoms with Crippen molar-refractivity contribution in [3.05, 3.63) is 64.1 Å². The maximum Gasteiger partial charge on any atom is 0.338 e. The zero-order valence-electron chi connectivity index (χ0n) is 19.8. The number of cyclic esters (lactones) is 1. The normalized spacial score (nSPS) is 18.3. The van der Waals surface area contributed by atoms with E-state index in [4.69, 9.17) is 4.74 Å². The Morgan fingerprint density at radius 2 is 1.63 bits per heavy atom. The molecule has 2 aliphatic heterocycles. The fourth-order valence-corrected chi connectivity index (χ4v) is 4.87. The van der Waals surface area contributed by atoms with Crippen molar-refractivity contribution in [2.24, 2.45) is 0 Å². The minimum atomic E-state index is -0.651. The lowest BCUT2D eigenvalue weighted by molar-refractivity contribution is 0.0478. The first-order valence-corrected chi connectivity index (χ1v) is 11.7. The summed E-state index contributed by atoms with van der Waals surface area (Å²) in [6.45, 7) is 8.30. The molecule has 0 bridgehead atoms. The molecular formula is C24H29N7O4. The van der Waals surface area contributed by atoms with E-state index < -0.39 is 12.2 Å². The van der Waals surface area contributed by atoms with Crippen LogP contribution in [0.2, 0.25) is 0 Å². The van der Waals surface area contributed by atoms with E-state index in [0.717, 1.165) is 54.1 Å². The summed E-state index contributed by atoms with van der Waals surface area (Å²) in [5.74, 6) is 0.310. The van der Waals surface area contributed by atoms with E-state index in [1.807, 2.05) is 26.0 Å². The number of esters is 1. The highest BCUT2D eigenvalue weighted by Crippen LogP contribution is 2.29. The highest BCUT2D eigenvalue weighted by Gasteiger charge is 2.27. The summed E-state index contributed by atoms with van der Waals surface area (Å²) in [4.78, 5) is 20.7. The molecule has 35 heavy (non-hydrogen) atoms. The number of aryl methyl sites for hydroxylation is 1. The predicted molar refractivity (Wildman–Crippen MR) is 125 cm³/mol. The number of aromatic nitrogens is 5. The Hall–Kier alpha value is -3.25. The number of β-amino-alcohol motifs (C(OH)–C–C–N with tert-alkyl or cyclic N) is 2. The van der Waals surface area contributed by atoms with Gasteiger partial charge in [-0.1, -0.05) is 12.1 Å². The van der Waals surface area contributed by atoms with Crippen molar-refractivity contribution in [2.45, 2.75) is 32.7 Å². The zero-order valence-corrected chi connectivity index (χ0v) is 19.8. The Bertz CT molecular complexity index is 1210. The molecule has 0 spiro atoms. The van der Waals surface area contributed by atoms with Crippen molar-refractivity contribution < 1.29 is 19.7 Å². The lowest BCUT2D eigenvalue weighted by Crippen LogP contribution is -2.48. The highest BCUT2D eigenvalue weighted by molar-refractivity contribution is 5.93. The van der Waals surface area contributed by atoms with Crippen LogP contribution in [0.3, 0.4) is 0 Å². The summed E-state index contributed by atoms with van der Waals surface area (Å²) in [5.41, 5.74) is 4.77. The Balaban J connectivity index is 1.14. The van der Waals surface area contributed by atoms with Gasteiger partial charge in [-0.3, -0.25) is 9.80 Å². The number of carbonyl (C=O) groups excluding carboxylic acids is 1. The third-order valence-corrected chi connectivity index (χ3v) is 6.95. The fourth-order valence-electron chi connectivity index (χ4n) is 4.87. The van der Waals surface area contributed by atoms with Crippen LogP contribution in [-0.2, 0) is 11.3 Å². The zero-order chi connectivity index (χ0) is 24.5. The van der Waals surface area contributed by atoms with Gasteiger partial charge in [0.05, 0.1) is 17.8 Å². The highest BCUT2D eigenvalue weighted by atomic mass is 16.5. The number of fused-ring (bicyclic) bond motifs is 1. The van der Waals surface area contributed by atoms with Gasteiger partial charge >= 0.3 is 5.97 Å². The lowest BCUT2D eigenvalue weighted by atomic mass is 9.95. The molecule has 3 aromatic rings. The molecule has 2 aromatic heterocycles. The Kier molecular flexibility index (Phi) is 6.56. The molecule has 5 rings (SSSR count).